The van der Waals surface area contributed by atoms with Crippen LogP contribution in [0.4, 0.5) is 11.4 Å². The summed E-state index contributed by atoms with van der Waals surface area (Å²) in [5.41, 5.74) is 4.36. The largest absolute Gasteiger partial charge is 0.377 e. The third-order valence-corrected chi connectivity index (χ3v) is 6.43. The number of nitrogens with zero attached hydrogens (tertiary/aromatic N) is 1. The van der Waals surface area contributed by atoms with Crippen molar-refractivity contribution in [1.29, 1.82) is 0 Å². The van der Waals surface area contributed by atoms with Crippen molar-refractivity contribution in [2.24, 2.45) is 0 Å². The Bertz CT molecular complexity index is 914. The lowest BCUT2D eigenvalue weighted by Gasteiger charge is -2.25. The second-order valence-corrected chi connectivity index (χ2v) is 8.80. The van der Waals surface area contributed by atoms with Gasteiger partial charge >= 0.3 is 0 Å². The molecule has 1 aromatic carbocycles. The normalized spacial score (nSPS) is 20.0. The average molecular weight is 375 g/mol. The Morgan fingerprint density at radius 3 is 2.54 bits per heavy atom. The Morgan fingerprint density at radius 2 is 1.88 bits per heavy atom. The van der Waals surface area contributed by atoms with Gasteiger partial charge in [-0.25, -0.2) is 13.1 Å². The molecule has 1 amide bonds. The highest BCUT2D eigenvalue weighted by atomic mass is 32.2. The molecule has 7 heteroatoms. The van der Waals surface area contributed by atoms with E-state index in [1.165, 1.54) is 5.57 Å². The first kappa shape index (κ1) is 18.7. The number of carbonyl (C=O) groups is 1. The zero-order valence-electron chi connectivity index (χ0n) is 15.6. The minimum atomic E-state index is -3.70. The van der Waals surface area contributed by atoms with E-state index in [0.29, 0.717) is 30.6 Å². The first-order chi connectivity index (χ1) is 12.2. The first-order valence-electron chi connectivity index (χ1n) is 8.69. The molecule has 0 saturated carbocycles. The topological polar surface area (TPSA) is 78.5 Å². The van der Waals surface area contributed by atoms with Crippen molar-refractivity contribution in [3.8, 4) is 0 Å². The lowest BCUT2D eigenvalue weighted by Crippen LogP contribution is -2.35. The number of amides is 1. The first-order valence-corrected chi connectivity index (χ1v) is 10.2. The molecule has 0 aromatic heterocycles. The van der Waals surface area contributed by atoms with Crippen LogP contribution in [0.5, 0.6) is 0 Å². The minimum absolute atomic E-state index is 0.0408. The quantitative estimate of drug-likeness (QED) is 0.848. The van der Waals surface area contributed by atoms with Crippen molar-refractivity contribution in [2.75, 3.05) is 24.3 Å². The number of rotatable bonds is 4. The third-order valence-electron chi connectivity index (χ3n) is 4.91. The Hall–Kier alpha value is -2.12. The SMILES string of the molecule is CC1=CCC(NS(=O)(=O)c2cc3c(cc2N(C)C)NC(=O)CC3)C=C1C. The second-order valence-electron chi connectivity index (χ2n) is 7.12. The molecule has 0 saturated heterocycles. The van der Waals surface area contributed by atoms with Gasteiger partial charge in [-0.1, -0.05) is 23.3 Å². The van der Waals surface area contributed by atoms with E-state index >= 15 is 0 Å². The Balaban J connectivity index is 1.98. The van der Waals surface area contributed by atoms with Crippen molar-refractivity contribution in [2.45, 2.75) is 44.0 Å². The van der Waals surface area contributed by atoms with Crippen molar-refractivity contribution < 1.29 is 13.2 Å². The lowest BCUT2D eigenvalue weighted by atomic mass is 9.98. The smallest absolute Gasteiger partial charge is 0.243 e. The molecule has 2 N–H and O–H groups in total. The number of hydrogen-bond acceptors (Lipinski definition) is 4. The monoisotopic (exact) mass is 375 g/mol. The Kier molecular flexibility index (Phi) is 4.94. The van der Waals surface area contributed by atoms with Crippen LogP contribution in [0.25, 0.3) is 0 Å². The summed E-state index contributed by atoms with van der Waals surface area (Å²) in [5.74, 6) is -0.0408. The number of sulfonamides is 1. The van der Waals surface area contributed by atoms with Crippen LogP contribution in [0, 0.1) is 0 Å². The number of aryl methyl sites for hydroxylation is 1. The maximum absolute atomic E-state index is 13.1. The fraction of sp³-hybridized carbons (Fsp3) is 0.421. The number of fused-ring (bicyclic) bond motifs is 1. The molecular weight excluding hydrogens is 350 g/mol. The summed E-state index contributed by atoms with van der Waals surface area (Å²) in [4.78, 5) is 13.6. The number of carbonyl (C=O) groups excluding carboxylic acids is 1. The number of allylic oxidation sites excluding steroid dienone is 2. The van der Waals surface area contributed by atoms with E-state index in [9.17, 15) is 13.2 Å². The molecule has 0 spiro atoms. The highest BCUT2D eigenvalue weighted by Crippen LogP contribution is 2.34. The molecule has 0 fully saturated rings. The molecule has 140 valence electrons. The van der Waals surface area contributed by atoms with Gasteiger partial charge in [0.05, 0.1) is 5.69 Å². The van der Waals surface area contributed by atoms with Crippen LogP contribution in [-0.2, 0) is 21.2 Å². The van der Waals surface area contributed by atoms with Gasteiger partial charge in [0.15, 0.2) is 0 Å². The number of benzene rings is 1. The zero-order chi connectivity index (χ0) is 19.1. The predicted octanol–water partition coefficient (Wildman–Crippen LogP) is 2.58. The van der Waals surface area contributed by atoms with Crippen LogP contribution in [-0.4, -0.2) is 34.5 Å². The molecular formula is C19H25N3O3S. The van der Waals surface area contributed by atoms with Crippen LogP contribution >= 0.6 is 0 Å². The van der Waals surface area contributed by atoms with Crippen molar-refractivity contribution in [1.82, 2.24) is 4.72 Å². The van der Waals surface area contributed by atoms with Gasteiger partial charge in [-0.05, 0) is 44.4 Å². The molecule has 1 heterocycles. The molecule has 2 aliphatic rings. The standard InChI is InChI=1S/C19H25N3O3S/c1-12-5-7-15(9-13(12)2)21-26(24,25)18-10-14-6-8-19(23)20-16(14)11-17(18)22(3)4/h5,9-11,15,21H,6-8H2,1-4H3,(H,20,23). The van der Waals surface area contributed by atoms with E-state index in [4.69, 9.17) is 0 Å². The molecule has 1 aromatic rings. The zero-order valence-corrected chi connectivity index (χ0v) is 16.4. The summed E-state index contributed by atoms with van der Waals surface area (Å²) in [5, 5.41) is 2.83. The highest BCUT2D eigenvalue weighted by Gasteiger charge is 2.27. The maximum Gasteiger partial charge on any atom is 0.243 e. The van der Waals surface area contributed by atoms with Crippen LogP contribution in [0.1, 0.15) is 32.3 Å². The second kappa shape index (κ2) is 6.89. The van der Waals surface area contributed by atoms with Gasteiger partial charge in [-0.2, -0.15) is 0 Å². The lowest BCUT2D eigenvalue weighted by molar-refractivity contribution is -0.116. The molecule has 1 unspecified atom stereocenters. The van der Waals surface area contributed by atoms with Crippen molar-refractivity contribution in [3.05, 3.63) is 41.0 Å². The predicted molar refractivity (Wildman–Crippen MR) is 104 cm³/mol. The number of nitrogens with one attached hydrogen (secondary N) is 2. The van der Waals surface area contributed by atoms with Crippen LogP contribution in [0.3, 0.4) is 0 Å². The van der Waals surface area contributed by atoms with E-state index < -0.39 is 10.0 Å². The summed E-state index contributed by atoms with van der Waals surface area (Å²) < 4.78 is 29.0. The third kappa shape index (κ3) is 3.68. The van der Waals surface area contributed by atoms with Gasteiger partial charge in [0.25, 0.3) is 0 Å². The number of hydrogen-bond donors (Lipinski definition) is 2. The molecule has 3 rings (SSSR count). The van der Waals surface area contributed by atoms with Crippen molar-refractivity contribution in [3.63, 3.8) is 0 Å². The summed E-state index contributed by atoms with van der Waals surface area (Å²) in [6, 6.07) is 3.18. The summed E-state index contributed by atoms with van der Waals surface area (Å²) in [6.45, 7) is 4.01. The number of anilines is 2. The molecule has 0 radical (unpaired) electrons. The summed E-state index contributed by atoms with van der Waals surface area (Å²) in [6.07, 6.45) is 5.57. The summed E-state index contributed by atoms with van der Waals surface area (Å²) in [7, 11) is -0.114. The molecule has 1 aliphatic heterocycles. The molecule has 6 nitrogen and oxygen atoms in total. The van der Waals surface area contributed by atoms with Gasteiger partial charge < -0.3 is 10.2 Å². The van der Waals surface area contributed by atoms with E-state index in [1.807, 2.05) is 19.9 Å². The van der Waals surface area contributed by atoms with Gasteiger partial charge in [-0.3, -0.25) is 4.79 Å². The van der Waals surface area contributed by atoms with Gasteiger partial charge in [0.2, 0.25) is 15.9 Å². The van der Waals surface area contributed by atoms with Crippen LogP contribution < -0.4 is 14.9 Å². The molecule has 0 bridgehead atoms. The van der Waals surface area contributed by atoms with Gasteiger partial charge in [0, 0.05) is 32.2 Å². The Labute approximate surface area is 155 Å². The van der Waals surface area contributed by atoms with E-state index in [-0.39, 0.29) is 16.8 Å². The van der Waals surface area contributed by atoms with Gasteiger partial charge in [-0.15, -0.1) is 0 Å². The fourth-order valence-corrected chi connectivity index (χ4v) is 4.77. The Morgan fingerprint density at radius 1 is 1.15 bits per heavy atom. The minimum Gasteiger partial charge on any atom is -0.377 e. The van der Waals surface area contributed by atoms with Gasteiger partial charge in [0.1, 0.15) is 4.90 Å². The van der Waals surface area contributed by atoms with E-state index in [2.05, 4.69) is 16.1 Å². The highest BCUT2D eigenvalue weighted by molar-refractivity contribution is 7.89. The molecule has 1 aliphatic carbocycles. The van der Waals surface area contributed by atoms with Crippen molar-refractivity contribution >= 4 is 27.3 Å². The maximum atomic E-state index is 13.1. The van der Waals surface area contributed by atoms with Crippen LogP contribution in [0.2, 0.25) is 0 Å². The summed E-state index contributed by atoms with van der Waals surface area (Å²) >= 11 is 0. The van der Waals surface area contributed by atoms with E-state index in [0.717, 1.165) is 11.1 Å². The van der Waals surface area contributed by atoms with Crippen LogP contribution in [0.15, 0.2) is 40.3 Å². The molecule has 26 heavy (non-hydrogen) atoms. The fourth-order valence-electron chi connectivity index (χ4n) is 3.27. The molecule has 1 atom stereocenters. The van der Waals surface area contributed by atoms with E-state index in [1.54, 1.807) is 31.1 Å². The average Bonchev–Trinajstić information content (AvgIpc) is 2.56.